The lowest BCUT2D eigenvalue weighted by atomic mass is 9.79. The second-order valence-electron chi connectivity index (χ2n) is 5.92. The van der Waals surface area contributed by atoms with Crippen LogP contribution in [-0.2, 0) is 4.74 Å². The molecule has 1 N–H and O–H groups in total. The zero-order chi connectivity index (χ0) is 11.4. The molecule has 94 valence electrons. The molecule has 0 bridgehead atoms. The first-order valence-corrected chi connectivity index (χ1v) is 7.06. The van der Waals surface area contributed by atoms with Gasteiger partial charge in [-0.05, 0) is 51.5 Å². The van der Waals surface area contributed by atoms with E-state index < -0.39 is 0 Å². The predicted octanol–water partition coefficient (Wildman–Crippen LogP) is 3.11. The SMILES string of the molecule is CNCC1(OC2CCCC2)CCC(C)CC1. The van der Waals surface area contributed by atoms with Crippen LogP contribution in [0.2, 0.25) is 0 Å². The fourth-order valence-corrected chi connectivity index (χ4v) is 3.31. The van der Waals surface area contributed by atoms with Crippen molar-refractivity contribution in [1.29, 1.82) is 0 Å². The van der Waals surface area contributed by atoms with E-state index in [4.69, 9.17) is 4.74 Å². The molecule has 2 rings (SSSR count). The van der Waals surface area contributed by atoms with E-state index in [1.165, 1.54) is 51.4 Å². The van der Waals surface area contributed by atoms with Gasteiger partial charge in [0.1, 0.15) is 0 Å². The molecular formula is C14H27NO. The van der Waals surface area contributed by atoms with E-state index in [0.29, 0.717) is 6.10 Å². The Kier molecular flexibility index (Phi) is 4.26. The number of likely N-dealkylation sites (N-methyl/N-ethyl adjacent to an activating group) is 1. The van der Waals surface area contributed by atoms with Crippen LogP contribution in [-0.4, -0.2) is 25.3 Å². The lowest BCUT2D eigenvalue weighted by Crippen LogP contribution is -2.46. The summed E-state index contributed by atoms with van der Waals surface area (Å²) in [5, 5.41) is 3.34. The number of ether oxygens (including phenoxy) is 1. The van der Waals surface area contributed by atoms with Gasteiger partial charge in [0.15, 0.2) is 0 Å². The quantitative estimate of drug-likeness (QED) is 0.794. The molecule has 16 heavy (non-hydrogen) atoms. The Bertz CT molecular complexity index is 203. The van der Waals surface area contributed by atoms with Crippen LogP contribution in [0.3, 0.4) is 0 Å². The molecule has 0 aromatic heterocycles. The minimum absolute atomic E-state index is 0.163. The average molecular weight is 225 g/mol. The van der Waals surface area contributed by atoms with Crippen molar-refractivity contribution >= 4 is 0 Å². The molecule has 0 aromatic rings. The van der Waals surface area contributed by atoms with Gasteiger partial charge >= 0.3 is 0 Å². The third-order valence-electron chi connectivity index (χ3n) is 4.40. The first-order valence-electron chi connectivity index (χ1n) is 7.06. The minimum Gasteiger partial charge on any atom is -0.370 e. The smallest absolute Gasteiger partial charge is 0.0810 e. The van der Waals surface area contributed by atoms with Gasteiger partial charge in [0.05, 0.1) is 11.7 Å². The highest BCUT2D eigenvalue weighted by molar-refractivity contribution is 4.89. The lowest BCUT2D eigenvalue weighted by molar-refractivity contribution is -0.113. The van der Waals surface area contributed by atoms with E-state index in [1.807, 2.05) is 0 Å². The number of hydrogen-bond donors (Lipinski definition) is 1. The van der Waals surface area contributed by atoms with Crippen molar-refractivity contribution in [2.75, 3.05) is 13.6 Å². The summed E-state index contributed by atoms with van der Waals surface area (Å²) in [7, 11) is 2.05. The van der Waals surface area contributed by atoms with E-state index in [-0.39, 0.29) is 5.60 Å². The normalized spacial score (nSPS) is 36.8. The molecule has 2 heteroatoms. The Morgan fingerprint density at radius 3 is 2.31 bits per heavy atom. The summed E-state index contributed by atoms with van der Waals surface area (Å²) in [5.41, 5.74) is 0.163. The molecular weight excluding hydrogens is 198 g/mol. The summed E-state index contributed by atoms with van der Waals surface area (Å²) in [4.78, 5) is 0. The lowest BCUT2D eigenvalue weighted by Gasteiger charge is -2.41. The van der Waals surface area contributed by atoms with Crippen molar-refractivity contribution in [3.8, 4) is 0 Å². The van der Waals surface area contributed by atoms with Crippen molar-refractivity contribution in [3.05, 3.63) is 0 Å². The molecule has 0 amide bonds. The molecule has 2 aliphatic rings. The van der Waals surface area contributed by atoms with Crippen molar-refractivity contribution in [1.82, 2.24) is 5.32 Å². The summed E-state index contributed by atoms with van der Waals surface area (Å²) in [6, 6.07) is 0. The summed E-state index contributed by atoms with van der Waals surface area (Å²) >= 11 is 0. The topological polar surface area (TPSA) is 21.3 Å². The molecule has 0 saturated heterocycles. The van der Waals surface area contributed by atoms with Crippen LogP contribution >= 0.6 is 0 Å². The van der Waals surface area contributed by atoms with Crippen LogP contribution in [0.15, 0.2) is 0 Å². The first-order chi connectivity index (χ1) is 7.74. The number of nitrogens with one attached hydrogen (secondary N) is 1. The molecule has 0 aliphatic heterocycles. The van der Waals surface area contributed by atoms with Crippen LogP contribution in [0.1, 0.15) is 58.3 Å². The van der Waals surface area contributed by atoms with Gasteiger partial charge in [-0.1, -0.05) is 19.8 Å². The standard InChI is InChI=1S/C14H27NO/c1-12-7-9-14(10-8-12,11-15-2)16-13-5-3-4-6-13/h12-13,15H,3-11H2,1-2H3. The maximum absolute atomic E-state index is 6.47. The molecule has 0 aromatic carbocycles. The second-order valence-corrected chi connectivity index (χ2v) is 5.92. The van der Waals surface area contributed by atoms with Crippen molar-refractivity contribution in [3.63, 3.8) is 0 Å². The van der Waals surface area contributed by atoms with Crippen molar-refractivity contribution in [2.45, 2.75) is 70.0 Å². The molecule has 0 atom stereocenters. The highest BCUT2D eigenvalue weighted by Crippen LogP contribution is 2.37. The highest BCUT2D eigenvalue weighted by Gasteiger charge is 2.37. The highest BCUT2D eigenvalue weighted by atomic mass is 16.5. The van der Waals surface area contributed by atoms with E-state index >= 15 is 0 Å². The molecule has 0 spiro atoms. The second kappa shape index (κ2) is 5.50. The molecule has 0 radical (unpaired) electrons. The first kappa shape index (κ1) is 12.4. The molecule has 2 saturated carbocycles. The zero-order valence-corrected chi connectivity index (χ0v) is 10.9. The third kappa shape index (κ3) is 2.98. The Balaban J connectivity index is 1.91. The summed E-state index contributed by atoms with van der Waals surface area (Å²) in [6.07, 6.45) is 11.1. The average Bonchev–Trinajstić information content (AvgIpc) is 2.76. The summed E-state index contributed by atoms with van der Waals surface area (Å²) in [5.74, 6) is 0.900. The van der Waals surface area contributed by atoms with Crippen LogP contribution in [0.5, 0.6) is 0 Å². The molecule has 0 heterocycles. The van der Waals surface area contributed by atoms with Gasteiger partial charge in [-0.25, -0.2) is 0 Å². The summed E-state index contributed by atoms with van der Waals surface area (Å²) < 4.78 is 6.47. The van der Waals surface area contributed by atoms with Gasteiger partial charge in [-0.15, -0.1) is 0 Å². The molecule has 2 nitrogen and oxygen atoms in total. The van der Waals surface area contributed by atoms with Crippen LogP contribution in [0.4, 0.5) is 0 Å². The predicted molar refractivity (Wildman–Crippen MR) is 67.6 cm³/mol. The maximum atomic E-state index is 6.47. The monoisotopic (exact) mass is 225 g/mol. The van der Waals surface area contributed by atoms with E-state index in [9.17, 15) is 0 Å². The Labute approximate surface area is 100 Å². The Morgan fingerprint density at radius 1 is 1.12 bits per heavy atom. The van der Waals surface area contributed by atoms with Crippen LogP contribution in [0.25, 0.3) is 0 Å². The minimum atomic E-state index is 0.163. The van der Waals surface area contributed by atoms with Crippen LogP contribution < -0.4 is 5.32 Å². The van der Waals surface area contributed by atoms with Crippen LogP contribution in [0, 0.1) is 5.92 Å². The van der Waals surface area contributed by atoms with Crippen molar-refractivity contribution < 1.29 is 4.74 Å². The van der Waals surface area contributed by atoms with Crippen molar-refractivity contribution in [2.24, 2.45) is 5.92 Å². The summed E-state index contributed by atoms with van der Waals surface area (Å²) in [6.45, 7) is 3.41. The van der Waals surface area contributed by atoms with Gasteiger partial charge < -0.3 is 10.1 Å². The van der Waals surface area contributed by atoms with E-state index in [0.717, 1.165) is 12.5 Å². The molecule has 2 aliphatic carbocycles. The van der Waals surface area contributed by atoms with E-state index in [1.54, 1.807) is 0 Å². The number of rotatable bonds is 4. The zero-order valence-electron chi connectivity index (χ0n) is 10.9. The number of hydrogen-bond acceptors (Lipinski definition) is 2. The van der Waals surface area contributed by atoms with Gasteiger partial charge in [-0.3, -0.25) is 0 Å². The largest absolute Gasteiger partial charge is 0.370 e. The maximum Gasteiger partial charge on any atom is 0.0810 e. The third-order valence-corrected chi connectivity index (χ3v) is 4.40. The van der Waals surface area contributed by atoms with E-state index in [2.05, 4.69) is 19.3 Å². The Hall–Kier alpha value is -0.0800. The fourth-order valence-electron chi connectivity index (χ4n) is 3.31. The van der Waals surface area contributed by atoms with Gasteiger partial charge in [0.2, 0.25) is 0 Å². The Morgan fingerprint density at radius 2 is 1.75 bits per heavy atom. The fraction of sp³-hybridized carbons (Fsp3) is 1.00. The van der Waals surface area contributed by atoms with Gasteiger partial charge in [0, 0.05) is 6.54 Å². The van der Waals surface area contributed by atoms with Gasteiger partial charge in [-0.2, -0.15) is 0 Å². The molecule has 2 fully saturated rings. The molecule has 0 unspecified atom stereocenters. The van der Waals surface area contributed by atoms with Gasteiger partial charge in [0.25, 0.3) is 0 Å².